The molecule has 1 aromatic rings. The summed E-state index contributed by atoms with van der Waals surface area (Å²) in [7, 11) is 2.21. The van der Waals surface area contributed by atoms with Crippen LogP contribution in [0.3, 0.4) is 0 Å². The van der Waals surface area contributed by atoms with Gasteiger partial charge in [0.2, 0.25) is 0 Å². The van der Waals surface area contributed by atoms with Crippen LogP contribution in [0, 0.1) is 13.8 Å². The first-order chi connectivity index (χ1) is 9.65. The average Bonchev–Trinajstić information content (AvgIpc) is 3.20. The van der Waals surface area contributed by atoms with E-state index < -0.39 is 0 Å². The molecule has 0 unspecified atom stereocenters. The second kappa shape index (κ2) is 7.68. The molecule has 1 N–H and O–H groups in total. The molecule has 0 aliphatic heterocycles. The van der Waals surface area contributed by atoms with Crippen LogP contribution in [0.25, 0.3) is 0 Å². The Labute approximate surface area is 124 Å². The van der Waals surface area contributed by atoms with Crippen molar-refractivity contribution < 1.29 is 0 Å². The molecule has 0 amide bonds. The number of nitrogens with zero attached hydrogens (tertiary/aromatic N) is 1. The number of hydrogen-bond donors (Lipinski definition) is 1. The van der Waals surface area contributed by atoms with Crippen LogP contribution in [0.15, 0.2) is 18.2 Å². The van der Waals surface area contributed by atoms with Crippen molar-refractivity contribution in [3.63, 3.8) is 0 Å². The Morgan fingerprint density at radius 1 is 1.00 bits per heavy atom. The highest BCUT2D eigenvalue weighted by atomic mass is 15.1. The fourth-order valence-electron chi connectivity index (χ4n) is 2.72. The van der Waals surface area contributed by atoms with Crippen LogP contribution >= 0.6 is 0 Å². The van der Waals surface area contributed by atoms with Gasteiger partial charge in [0.15, 0.2) is 0 Å². The molecule has 0 heterocycles. The Bertz CT molecular complexity index is 390. The van der Waals surface area contributed by atoms with Gasteiger partial charge in [0, 0.05) is 25.3 Å². The molecule has 0 aromatic heterocycles. The highest BCUT2D eigenvalue weighted by Gasteiger charge is 2.19. The second-order valence-electron chi connectivity index (χ2n) is 6.41. The molecule has 1 fully saturated rings. The quantitative estimate of drug-likeness (QED) is 0.683. The average molecular weight is 274 g/mol. The second-order valence-corrected chi connectivity index (χ2v) is 6.41. The van der Waals surface area contributed by atoms with Crippen molar-refractivity contribution in [2.24, 2.45) is 0 Å². The monoisotopic (exact) mass is 274 g/mol. The largest absolute Gasteiger partial charge is 0.375 e. The van der Waals surface area contributed by atoms with Gasteiger partial charge in [-0.1, -0.05) is 18.9 Å². The van der Waals surface area contributed by atoms with E-state index in [0.717, 1.165) is 6.04 Å². The maximum atomic E-state index is 3.58. The Hall–Kier alpha value is -1.02. The van der Waals surface area contributed by atoms with Gasteiger partial charge < -0.3 is 10.2 Å². The molecular formula is C18H30N2. The summed E-state index contributed by atoms with van der Waals surface area (Å²) in [4.78, 5) is 2.39. The third-order valence-electron chi connectivity index (χ3n) is 4.08. The smallest absolute Gasteiger partial charge is 0.0368 e. The van der Waals surface area contributed by atoms with E-state index in [0.29, 0.717) is 0 Å². The number of anilines is 1. The summed E-state index contributed by atoms with van der Waals surface area (Å²) in [6, 6.07) is 7.68. The molecule has 0 atom stereocenters. The molecule has 0 spiro atoms. The van der Waals surface area contributed by atoms with E-state index in [9.17, 15) is 0 Å². The first kappa shape index (κ1) is 15.4. The Kier molecular flexibility index (Phi) is 5.90. The van der Waals surface area contributed by atoms with Gasteiger partial charge in [0.1, 0.15) is 0 Å². The normalized spacial score (nSPS) is 14.6. The third-order valence-corrected chi connectivity index (χ3v) is 4.08. The molecule has 1 aromatic carbocycles. The maximum absolute atomic E-state index is 3.58. The number of rotatable bonds is 9. The number of unbranched alkanes of at least 4 members (excludes halogenated alkanes) is 3. The summed E-state index contributed by atoms with van der Waals surface area (Å²) in [6.45, 7) is 6.74. The van der Waals surface area contributed by atoms with Crippen molar-refractivity contribution in [1.82, 2.24) is 5.32 Å². The Balaban J connectivity index is 1.57. The van der Waals surface area contributed by atoms with Gasteiger partial charge in [-0.2, -0.15) is 0 Å². The zero-order valence-electron chi connectivity index (χ0n) is 13.4. The molecule has 0 saturated heterocycles. The van der Waals surface area contributed by atoms with Gasteiger partial charge in [-0.3, -0.25) is 0 Å². The molecule has 2 heteroatoms. The van der Waals surface area contributed by atoms with Crippen LogP contribution in [0.2, 0.25) is 0 Å². The lowest BCUT2D eigenvalue weighted by Gasteiger charge is -2.20. The van der Waals surface area contributed by atoms with Crippen LogP contribution in [0.1, 0.15) is 49.7 Å². The Morgan fingerprint density at radius 2 is 1.65 bits per heavy atom. The molecule has 1 aliphatic carbocycles. The highest BCUT2D eigenvalue weighted by molar-refractivity contribution is 5.50. The number of nitrogens with one attached hydrogen (secondary N) is 1. The van der Waals surface area contributed by atoms with Gasteiger partial charge in [-0.05, 0) is 69.3 Å². The summed E-state index contributed by atoms with van der Waals surface area (Å²) in [5.41, 5.74) is 4.08. The molecule has 112 valence electrons. The molecule has 0 bridgehead atoms. The predicted octanol–water partition coefficient (Wildman–Crippen LogP) is 4.05. The van der Waals surface area contributed by atoms with E-state index in [1.165, 1.54) is 68.4 Å². The number of aryl methyl sites for hydroxylation is 2. The molecule has 2 rings (SSSR count). The van der Waals surface area contributed by atoms with Crippen LogP contribution in [0.5, 0.6) is 0 Å². The van der Waals surface area contributed by atoms with E-state index in [1.807, 2.05) is 0 Å². The van der Waals surface area contributed by atoms with Crippen LogP contribution in [-0.4, -0.2) is 26.2 Å². The van der Waals surface area contributed by atoms with Gasteiger partial charge in [-0.25, -0.2) is 0 Å². The summed E-state index contributed by atoms with van der Waals surface area (Å²) in [6.07, 6.45) is 8.15. The van der Waals surface area contributed by atoms with Crippen LogP contribution in [-0.2, 0) is 0 Å². The fourth-order valence-corrected chi connectivity index (χ4v) is 2.72. The van der Waals surface area contributed by atoms with Crippen molar-refractivity contribution in [1.29, 1.82) is 0 Å². The van der Waals surface area contributed by atoms with Crippen LogP contribution in [0.4, 0.5) is 5.69 Å². The molecule has 1 saturated carbocycles. The Morgan fingerprint density at radius 3 is 2.30 bits per heavy atom. The molecular weight excluding hydrogens is 244 g/mol. The molecule has 2 nitrogen and oxygen atoms in total. The zero-order chi connectivity index (χ0) is 14.4. The van der Waals surface area contributed by atoms with E-state index >= 15 is 0 Å². The van der Waals surface area contributed by atoms with Crippen LogP contribution < -0.4 is 10.2 Å². The fraction of sp³-hybridized carbons (Fsp3) is 0.667. The summed E-state index contributed by atoms with van der Waals surface area (Å²) < 4.78 is 0. The van der Waals surface area contributed by atoms with E-state index in [4.69, 9.17) is 0 Å². The van der Waals surface area contributed by atoms with Crippen molar-refractivity contribution in [3.05, 3.63) is 29.3 Å². The first-order valence-corrected chi connectivity index (χ1v) is 8.18. The first-order valence-electron chi connectivity index (χ1n) is 8.18. The number of hydrogen-bond acceptors (Lipinski definition) is 2. The lowest BCUT2D eigenvalue weighted by Crippen LogP contribution is -2.19. The van der Waals surface area contributed by atoms with Crippen molar-refractivity contribution in [2.45, 2.75) is 58.4 Å². The number of benzene rings is 1. The molecule has 1 aliphatic rings. The predicted molar refractivity (Wildman–Crippen MR) is 88.7 cm³/mol. The third kappa shape index (κ3) is 5.54. The summed E-state index contributed by atoms with van der Waals surface area (Å²) in [5, 5.41) is 3.58. The zero-order valence-corrected chi connectivity index (χ0v) is 13.4. The highest BCUT2D eigenvalue weighted by Crippen LogP contribution is 2.19. The van der Waals surface area contributed by atoms with Gasteiger partial charge in [0.25, 0.3) is 0 Å². The lowest BCUT2D eigenvalue weighted by atomic mass is 10.1. The van der Waals surface area contributed by atoms with Crippen molar-refractivity contribution >= 4 is 5.69 Å². The lowest BCUT2D eigenvalue weighted by molar-refractivity contribution is 0.585. The minimum atomic E-state index is 0.866. The van der Waals surface area contributed by atoms with Crippen molar-refractivity contribution in [3.8, 4) is 0 Å². The SMILES string of the molecule is Cc1cc(C)cc(N(C)CCCCCCNC2CC2)c1. The van der Waals surface area contributed by atoms with Gasteiger partial charge in [0.05, 0.1) is 0 Å². The molecule has 0 radical (unpaired) electrons. The maximum Gasteiger partial charge on any atom is 0.0368 e. The minimum absolute atomic E-state index is 0.866. The van der Waals surface area contributed by atoms with E-state index in [2.05, 4.69) is 49.3 Å². The van der Waals surface area contributed by atoms with Crippen molar-refractivity contribution in [2.75, 3.05) is 25.0 Å². The van der Waals surface area contributed by atoms with Gasteiger partial charge >= 0.3 is 0 Å². The minimum Gasteiger partial charge on any atom is -0.375 e. The standard InChI is InChI=1S/C18H30N2/c1-15-12-16(2)14-18(13-15)20(3)11-7-5-4-6-10-19-17-8-9-17/h12-14,17,19H,4-11H2,1-3H3. The van der Waals surface area contributed by atoms with Gasteiger partial charge in [-0.15, -0.1) is 0 Å². The summed E-state index contributed by atoms with van der Waals surface area (Å²) in [5.74, 6) is 0. The van der Waals surface area contributed by atoms with E-state index in [1.54, 1.807) is 0 Å². The van der Waals surface area contributed by atoms with E-state index in [-0.39, 0.29) is 0 Å². The topological polar surface area (TPSA) is 15.3 Å². The summed E-state index contributed by atoms with van der Waals surface area (Å²) >= 11 is 0. The molecule has 20 heavy (non-hydrogen) atoms.